The van der Waals surface area contributed by atoms with E-state index in [1.807, 2.05) is 11.3 Å². The molecule has 2 aliphatic rings. The molecule has 2 aliphatic carbocycles. The van der Waals surface area contributed by atoms with Crippen LogP contribution in [0.3, 0.4) is 0 Å². The highest BCUT2D eigenvalue weighted by Crippen LogP contribution is 2.58. The second-order valence-corrected chi connectivity index (χ2v) is 17.8. The lowest BCUT2D eigenvalue weighted by molar-refractivity contribution is 0.667. The Kier molecular flexibility index (Phi) is 8.16. The van der Waals surface area contributed by atoms with Gasteiger partial charge in [0.2, 0.25) is 0 Å². The number of furan rings is 1. The molecule has 0 spiro atoms. The zero-order chi connectivity index (χ0) is 40.7. The number of allylic oxidation sites excluding steroid dienone is 3. The van der Waals surface area contributed by atoms with Crippen molar-refractivity contribution < 1.29 is 4.42 Å². The van der Waals surface area contributed by atoms with Crippen molar-refractivity contribution in [1.29, 1.82) is 0 Å². The molecule has 0 saturated carbocycles. The van der Waals surface area contributed by atoms with Gasteiger partial charge in [-0.25, -0.2) is 0 Å². The molecule has 0 radical (unpaired) electrons. The Labute approximate surface area is 360 Å². The molecule has 0 unspecified atom stereocenters. The summed E-state index contributed by atoms with van der Waals surface area (Å²) in [5.74, 6) is 0. The van der Waals surface area contributed by atoms with Gasteiger partial charge in [-0.1, -0.05) is 159 Å². The van der Waals surface area contributed by atoms with Crippen LogP contribution in [0.2, 0.25) is 0 Å². The first kappa shape index (κ1) is 35.7. The van der Waals surface area contributed by atoms with Crippen LogP contribution in [-0.4, -0.2) is 0 Å². The van der Waals surface area contributed by atoms with E-state index in [1.54, 1.807) is 0 Å². The topological polar surface area (TPSA) is 16.4 Å². The van der Waals surface area contributed by atoms with E-state index in [-0.39, 0.29) is 5.41 Å². The summed E-state index contributed by atoms with van der Waals surface area (Å²) in [5.41, 5.74) is 19.0. The van der Waals surface area contributed by atoms with Crippen LogP contribution in [0.4, 0.5) is 17.1 Å². The van der Waals surface area contributed by atoms with E-state index in [1.165, 1.54) is 76.2 Å². The van der Waals surface area contributed by atoms with Crippen molar-refractivity contribution in [3.63, 3.8) is 0 Å². The lowest BCUT2D eigenvalue weighted by Gasteiger charge is -2.26. The molecule has 0 saturated heterocycles. The van der Waals surface area contributed by atoms with Gasteiger partial charge in [-0.2, -0.15) is 0 Å². The summed E-state index contributed by atoms with van der Waals surface area (Å²) in [5, 5.41) is 3.64. The molecule has 2 heterocycles. The van der Waals surface area contributed by atoms with E-state index in [4.69, 9.17) is 4.42 Å². The fourth-order valence-corrected chi connectivity index (χ4v) is 11.5. The molecule has 0 amide bonds. The molecule has 0 atom stereocenters. The van der Waals surface area contributed by atoms with Crippen molar-refractivity contribution in [2.75, 3.05) is 4.90 Å². The maximum absolute atomic E-state index is 6.90. The monoisotopic (exact) mass is 799 g/mol. The summed E-state index contributed by atoms with van der Waals surface area (Å²) in [7, 11) is 0. The SMILES string of the molecule is CC1(C)c2cccc(-c3cc4oc5ccc(N(c6ccc(-c7ccccc7)cc6)c6ccc(-c7ccccc7)cc6)cc5c4c4c3CC=CC=C4)c2-c2sc3ccccc3c21. The number of benzene rings is 8. The number of nitrogens with zero attached hydrogens (tertiary/aromatic N) is 1. The highest BCUT2D eigenvalue weighted by atomic mass is 32.1. The fourth-order valence-electron chi connectivity index (χ4n) is 10.0. The quantitative estimate of drug-likeness (QED) is 0.167. The number of hydrogen-bond donors (Lipinski definition) is 0. The number of hydrogen-bond acceptors (Lipinski definition) is 3. The van der Waals surface area contributed by atoms with E-state index >= 15 is 0 Å². The highest BCUT2D eigenvalue weighted by Gasteiger charge is 2.40. The number of fused-ring (bicyclic) bond motifs is 10. The van der Waals surface area contributed by atoms with Crippen molar-refractivity contribution in [2.24, 2.45) is 0 Å². The van der Waals surface area contributed by atoms with Gasteiger partial charge in [-0.3, -0.25) is 0 Å². The minimum atomic E-state index is -0.105. The Bertz CT molecular complexity index is 3300. The van der Waals surface area contributed by atoms with Gasteiger partial charge in [0.1, 0.15) is 11.2 Å². The Balaban J connectivity index is 1.04. The first-order valence-electron chi connectivity index (χ1n) is 21.1. The third-order valence-electron chi connectivity index (χ3n) is 12.9. The molecule has 0 fully saturated rings. The first-order valence-corrected chi connectivity index (χ1v) is 22.0. The molecule has 3 heteroatoms. The zero-order valence-electron chi connectivity index (χ0n) is 34.0. The molecular weight excluding hydrogens is 759 g/mol. The maximum atomic E-state index is 6.90. The van der Waals surface area contributed by atoms with Crippen LogP contribution in [0.15, 0.2) is 199 Å². The van der Waals surface area contributed by atoms with Crippen LogP contribution in [0.25, 0.3) is 81.9 Å². The smallest absolute Gasteiger partial charge is 0.136 e. The van der Waals surface area contributed by atoms with Crippen molar-refractivity contribution in [3.05, 3.63) is 216 Å². The van der Waals surface area contributed by atoms with Gasteiger partial charge in [-0.15, -0.1) is 11.3 Å². The summed E-state index contributed by atoms with van der Waals surface area (Å²) >= 11 is 1.93. The molecule has 290 valence electrons. The van der Waals surface area contributed by atoms with E-state index < -0.39 is 0 Å². The summed E-state index contributed by atoms with van der Waals surface area (Å²) in [6.07, 6.45) is 9.80. The third-order valence-corrected chi connectivity index (χ3v) is 14.1. The lowest BCUT2D eigenvalue weighted by atomic mass is 9.80. The van der Waals surface area contributed by atoms with Gasteiger partial charge in [0.15, 0.2) is 0 Å². The summed E-state index contributed by atoms with van der Waals surface area (Å²) < 4.78 is 8.25. The Morgan fingerprint density at radius 2 is 1.18 bits per heavy atom. The molecule has 10 aromatic rings. The van der Waals surface area contributed by atoms with Gasteiger partial charge >= 0.3 is 0 Å². The average Bonchev–Trinajstić information content (AvgIpc) is 3.87. The molecule has 2 nitrogen and oxygen atoms in total. The molecule has 0 bridgehead atoms. The van der Waals surface area contributed by atoms with Crippen molar-refractivity contribution in [2.45, 2.75) is 25.7 Å². The van der Waals surface area contributed by atoms with Crippen LogP contribution in [-0.2, 0) is 11.8 Å². The van der Waals surface area contributed by atoms with Crippen LogP contribution >= 0.6 is 11.3 Å². The molecule has 8 aromatic carbocycles. The minimum absolute atomic E-state index is 0.105. The van der Waals surface area contributed by atoms with Gasteiger partial charge in [0.05, 0.1) is 0 Å². The van der Waals surface area contributed by atoms with Crippen LogP contribution in [0.1, 0.15) is 36.1 Å². The van der Waals surface area contributed by atoms with E-state index in [9.17, 15) is 0 Å². The summed E-state index contributed by atoms with van der Waals surface area (Å²) in [6, 6.07) is 63.9. The van der Waals surface area contributed by atoms with Crippen LogP contribution in [0.5, 0.6) is 0 Å². The lowest BCUT2D eigenvalue weighted by Crippen LogP contribution is -2.14. The Hall–Kier alpha value is -7.20. The molecule has 2 aromatic heterocycles. The van der Waals surface area contributed by atoms with Crippen LogP contribution < -0.4 is 4.90 Å². The van der Waals surface area contributed by atoms with Gasteiger partial charge in [0, 0.05) is 48.4 Å². The molecular formula is C58H41NOS. The number of anilines is 3. The van der Waals surface area contributed by atoms with E-state index in [0.717, 1.165) is 45.4 Å². The second-order valence-electron chi connectivity index (χ2n) is 16.8. The van der Waals surface area contributed by atoms with Crippen molar-refractivity contribution in [3.8, 4) is 43.8 Å². The Morgan fingerprint density at radius 1 is 0.541 bits per heavy atom. The number of thiophene rings is 1. The van der Waals surface area contributed by atoms with Crippen molar-refractivity contribution >= 4 is 66.5 Å². The number of rotatable bonds is 6. The summed E-state index contributed by atoms with van der Waals surface area (Å²) in [4.78, 5) is 3.76. The van der Waals surface area contributed by atoms with Gasteiger partial charge < -0.3 is 9.32 Å². The highest BCUT2D eigenvalue weighted by molar-refractivity contribution is 7.22. The third kappa shape index (κ3) is 5.69. The van der Waals surface area contributed by atoms with E-state index in [2.05, 4.69) is 219 Å². The Morgan fingerprint density at radius 3 is 1.89 bits per heavy atom. The molecule has 0 aliphatic heterocycles. The standard InChI is InChI=1S/C58H41NOS/c1-58(2)50-23-14-22-46(55(50)57-56(58)47-21-12-13-24-53(47)61-57)48-36-52-54(45-20-11-5-10-19-44(45)48)49-35-43(33-34-51(49)60-52)59(41-29-25-39(26-30-41)37-15-6-3-7-16-37)42-31-27-40(28-32-42)38-17-8-4-9-18-38/h3-18,20-36H,19H2,1-2H3. The first-order chi connectivity index (χ1) is 30.0. The average molecular weight is 800 g/mol. The van der Waals surface area contributed by atoms with Crippen molar-refractivity contribution in [1.82, 2.24) is 0 Å². The maximum Gasteiger partial charge on any atom is 0.136 e. The summed E-state index contributed by atoms with van der Waals surface area (Å²) in [6.45, 7) is 4.79. The molecule has 0 N–H and O–H groups in total. The minimum Gasteiger partial charge on any atom is -0.456 e. The van der Waals surface area contributed by atoms with Crippen LogP contribution in [0, 0.1) is 0 Å². The van der Waals surface area contributed by atoms with Gasteiger partial charge in [0.25, 0.3) is 0 Å². The largest absolute Gasteiger partial charge is 0.456 e. The van der Waals surface area contributed by atoms with E-state index in [0.29, 0.717) is 0 Å². The zero-order valence-corrected chi connectivity index (χ0v) is 34.8. The normalized spacial score (nSPS) is 13.7. The predicted molar refractivity (Wildman–Crippen MR) is 260 cm³/mol. The van der Waals surface area contributed by atoms with Gasteiger partial charge in [-0.05, 0) is 122 Å². The molecule has 12 rings (SSSR count). The fraction of sp³-hybridized carbons (Fsp3) is 0.0690. The second kappa shape index (κ2) is 13.9. The predicted octanol–water partition coefficient (Wildman–Crippen LogP) is 16.7. The molecule has 61 heavy (non-hydrogen) atoms.